The summed E-state index contributed by atoms with van der Waals surface area (Å²) < 4.78 is 28.6. The van der Waals surface area contributed by atoms with E-state index in [4.69, 9.17) is 10.5 Å². The van der Waals surface area contributed by atoms with Gasteiger partial charge in [0.1, 0.15) is 6.26 Å². The van der Waals surface area contributed by atoms with E-state index in [2.05, 4.69) is 5.32 Å². The van der Waals surface area contributed by atoms with E-state index >= 15 is 0 Å². The molecular formula is C9H12F2N2O2S. The zero-order valence-corrected chi connectivity index (χ0v) is 9.44. The van der Waals surface area contributed by atoms with E-state index < -0.39 is 17.0 Å². The third-order valence-electron chi connectivity index (χ3n) is 1.81. The molecular weight excluding hydrogens is 238 g/mol. The number of thioether (sulfide) groups is 1. The summed E-state index contributed by atoms with van der Waals surface area (Å²) in [6.07, 6.45) is 0.579. The van der Waals surface area contributed by atoms with E-state index in [9.17, 15) is 13.6 Å². The third-order valence-corrected chi connectivity index (χ3v) is 3.06. The van der Waals surface area contributed by atoms with E-state index in [-0.39, 0.29) is 6.42 Å². The van der Waals surface area contributed by atoms with Crippen molar-refractivity contribution in [1.29, 1.82) is 0 Å². The van der Waals surface area contributed by atoms with Gasteiger partial charge in [-0.3, -0.25) is 4.79 Å². The number of carbonyl (C=O) groups excluding carboxylic acids is 1. The zero-order chi connectivity index (χ0) is 12.2. The van der Waals surface area contributed by atoms with E-state index in [0.29, 0.717) is 11.4 Å². The van der Waals surface area contributed by atoms with E-state index in [1.807, 2.05) is 0 Å². The summed E-state index contributed by atoms with van der Waals surface area (Å²) in [6.45, 7) is 1.71. The van der Waals surface area contributed by atoms with Crippen LogP contribution in [0, 0.1) is 0 Å². The number of amides is 1. The second-order valence-corrected chi connectivity index (χ2v) is 4.43. The predicted octanol–water partition coefficient (Wildman–Crippen LogP) is 1.51. The number of nitrogens with two attached hydrogens (primary N) is 1. The van der Waals surface area contributed by atoms with Crippen molar-refractivity contribution in [2.24, 2.45) is 5.73 Å². The number of hydrogen-bond acceptors (Lipinski definition) is 4. The molecule has 0 aliphatic carbocycles. The normalized spacial score (nSPS) is 23.1. The van der Waals surface area contributed by atoms with Crippen LogP contribution >= 0.6 is 11.8 Å². The van der Waals surface area contributed by atoms with Crippen molar-refractivity contribution in [3.05, 3.63) is 24.1 Å². The van der Waals surface area contributed by atoms with Crippen molar-refractivity contribution in [3.8, 4) is 0 Å². The molecule has 90 valence electrons. The lowest BCUT2D eigenvalue weighted by molar-refractivity contribution is -0.128. The zero-order valence-electron chi connectivity index (χ0n) is 8.63. The number of ether oxygens (including phenoxy) is 1. The number of allylic oxidation sites excluding steroid dienone is 2. The van der Waals surface area contributed by atoms with Gasteiger partial charge in [-0.15, -0.1) is 0 Å². The Morgan fingerprint density at radius 2 is 2.44 bits per heavy atom. The van der Waals surface area contributed by atoms with Gasteiger partial charge in [0.2, 0.25) is 0 Å². The van der Waals surface area contributed by atoms with Gasteiger partial charge in [-0.1, -0.05) is 11.8 Å². The summed E-state index contributed by atoms with van der Waals surface area (Å²) in [5.74, 6) is -0.385. The van der Waals surface area contributed by atoms with Crippen molar-refractivity contribution in [1.82, 2.24) is 5.32 Å². The summed E-state index contributed by atoms with van der Waals surface area (Å²) >= 11 is 1.05. The average molecular weight is 250 g/mol. The highest BCUT2D eigenvalue weighted by atomic mass is 32.2. The van der Waals surface area contributed by atoms with Crippen molar-refractivity contribution in [3.63, 3.8) is 0 Å². The number of halogens is 2. The van der Waals surface area contributed by atoms with Crippen LogP contribution in [0.25, 0.3) is 0 Å². The number of primary amides is 1. The molecule has 0 saturated carbocycles. The molecule has 1 amide bonds. The van der Waals surface area contributed by atoms with Gasteiger partial charge in [0.05, 0.1) is 0 Å². The molecule has 4 nitrogen and oxygen atoms in total. The Labute approximate surface area is 95.9 Å². The van der Waals surface area contributed by atoms with E-state index in [1.54, 1.807) is 6.92 Å². The van der Waals surface area contributed by atoms with Crippen LogP contribution in [0.2, 0.25) is 0 Å². The van der Waals surface area contributed by atoms with Crippen LogP contribution in [0.1, 0.15) is 13.3 Å². The van der Waals surface area contributed by atoms with Gasteiger partial charge >= 0.3 is 5.06 Å². The minimum atomic E-state index is -1.73. The summed E-state index contributed by atoms with van der Waals surface area (Å²) in [6, 6.07) is 0. The molecule has 0 radical (unpaired) electrons. The van der Waals surface area contributed by atoms with Gasteiger partial charge in [-0.05, 0) is 19.4 Å². The Balaban J connectivity index is 2.49. The molecule has 1 aliphatic rings. The molecule has 0 saturated heterocycles. The molecule has 0 bridgehead atoms. The lowest BCUT2D eigenvalue weighted by Gasteiger charge is -2.24. The minimum absolute atomic E-state index is 0.145. The first kappa shape index (κ1) is 12.8. The topological polar surface area (TPSA) is 64.3 Å². The van der Waals surface area contributed by atoms with Gasteiger partial charge < -0.3 is 15.8 Å². The summed E-state index contributed by atoms with van der Waals surface area (Å²) in [7, 11) is 0. The molecule has 1 heterocycles. The second-order valence-electron chi connectivity index (χ2n) is 3.16. The highest BCUT2D eigenvalue weighted by molar-refractivity contribution is 8.01. The first-order valence-electron chi connectivity index (χ1n) is 4.54. The first-order valence-corrected chi connectivity index (χ1v) is 5.52. The maximum atomic E-state index is 11.8. The maximum Gasteiger partial charge on any atom is 0.308 e. The van der Waals surface area contributed by atoms with Crippen LogP contribution in [0.4, 0.5) is 8.78 Å². The number of nitrogens with one attached hydrogen (secondary N) is 1. The van der Waals surface area contributed by atoms with Gasteiger partial charge in [-0.25, -0.2) is 0 Å². The molecule has 0 spiro atoms. The van der Waals surface area contributed by atoms with Crippen LogP contribution < -0.4 is 11.1 Å². The van der Waals surface area contributed by atoms with E-state index in [0.717, 1.165) is 17.8 Å². The van der Waals surface area contributed by atoms with Crippen molar-refractivity contribution in [2.75, 3.05) is 5.75 Å². The molecule has 1 aliphatic heterocycles. The highest BCUT2D eigenvalue weighted by Gasteiger charge is 2.42. The Bertz CT molecular complexity index is 342. The van der Waals surface area contributed by atoms with Crippen LogP contribution in [-0.2, 0) is 9.53 Å². The number of rotatable bonds is 5. The summed E-state index contributed by atoms with van der Waals surface area (Å²) in [5.41, 5.74) is 5.86. The molecule has 16 heavy (non-hydrogen) atoms. The summed E-state index contributed by atoms with van der Waals surface area (Å²) in [4.78, 5) is 11.2. The smallest absolute Gasteiger partial charge is 0.308 e. The molecule has 1 rings (SSSR count). The van der Waals surface area contributed by atoms with Crippen molar-refractivity contribution in [2.45, 2.75) is 18.4 Å². The molecule has 0 aromatic rings. The first-order chi connectivity index (χ1) is 7.46. The molecule has 1 unspecified atom stereocenters. The Morgan fingerprint density at radius 3 is 2.88 bits per heavy atom. The number of hydrogen-bond donors (Lipinski definition) is 2. The maximum absolute atomic E-state index is 11.8. The van der Waals surface area contributed by atoms with Crippen molar-refractivity contribution >= 4 is 17.7 Å². The van der Waals surface area contributed by atoms with Gasteiger partial charge in [0.25, 0.3) is 12.0 Å². The van der Waals surface area contributed by atoms with Gasteiger partial charge in [0, 0.05) is 11.4 Å². The van der Waals surface area contributed by atoms with Gasteiger partial charge in [0.15, 0.2) is 0 Å². The Morgan fingerprint density at radius 1 is 1.75 bits per heavy atom. The molecule has 0 fully saturated rings. The van der Waals surface area contributed by atoms with Crippen LogP contribution in [0.15, 0.2) is 24.1 Å². The van der Waals surface area contributed by atoms with E-state index in [1.165, 1.54) is 6.26 Å². The molecule has 0 aromatic carbocycles. The quantitative estimate of drug-likeness (QED) is 0.726. The molecule has 7 heteroatoms. The molecule has 1 atom stereocenters. The predicted molar refractivity (Wildman–Crippen MR) is 57.3 cm³/mol. The fraction of sp³-hybridized carbons (Fsp3) is 0.444. The largest absolute Gasteiger partial charge is 0.456 e. The number of carbonyl (C=O) groups is 1. The molecule has 0 aromatic heterocycles. The van der Waals surface area contributed by atoms with Crippen LogP contribution in [-0.4, -0.2) is 16.7 Å². The average Bonchev–Trinajstić information content (AvgIpc) is 2.56. The second kappa shape index (κ2) is 5.20. The third kappa shape index (κ3) is 3.13. The van der Waals surface area contributed by atoms with Crippen LogP contribution in [0.3, 0.4) is 0 Å². The summed E-state index contributed by atoms with van der Waals surface area (Å²) in [5, 5.41) is 1.42. The lowest BCUT2D eigenvalue weighted by atomic mass is 10.5. The lowest BCUT2D eigenvalue weighted by Crippen LogP contribution is -2.50. The molecule has 3 N–H and O–H groups in total. The Hall–Kier alpha value is -1.24. The standard InChI is InChI=1S/C9H12F2N2O2S/c1-6-5-15-9(13-6,8(12)14)16-4-2-3-7(10)11/h3,5,13H,2,4H2,1H3,(H2,12,14). The SMILES string of the molecule is CC1=COC(SCCC=C(F)F)(C(N)=O)N1. The van der Waals surface area contributed by atoms with Crippen molar-refractivity contribution < 1.29 is 18.3 Å². The highest BCUT2D eigenvalue weighted by Crippen LogP contribution is 2.30. The van der Waals surface area contributed by atoms with Gasteiger partial charge in [-0.2, -0.15) is 8.78 Å². The minimum Gasteiger partial charge on any atom is -0.456 e. The monoisotopic (exact) mass is 250 g/mol. The fourth-order valence-corrected chi connectivity index (χ4v) is 2.14. The van der Waals surface area contributed by atoms with Crippen LogP contribution in [0.5, 0.6) is 0 Å². The Kier molecular flexibility index (Phi) is 4.17. The fourth-order valence-electron chi connectivity index (χ4n) is 1.12.